The molecule has 1 amide bonds. The Morgan fingerprint density at radius 3 is 2.75 bits per heavy atom. The Labute approximate surface area is 96.2 Å². The van der Waals surface area contributed by atoms with Gasteiger partial charge >= 0.3 is 0 Å². The van der Waals surface area contributed by atoms with E-state index in [0.29, 0.717) is 0 Å². The zero-order valence-corrected chi connectivity index (χ0v) is 9.79. The van der Waals surface area contributed by atoms with E-state index in [4.69, 9.17) is 0 Å². The van der Waals surface area contributed by atoms with E-state index in [1.54, 1.807) is 0 Å². The summed E-state index contributed by atoms with van der Waals surface area (Å²) in [6, 6.07) is 8.39. The van der Waals surface area contributed by atoms with E-state index in [2.05, 4.69) is 22.8 Å². The molecule has 2 N–H and O–H groups in total. The van der Waals surface area contributed by atoms with Crippen molar-refractivity contribution in [1.82, 2.24) is 10.6 Å². The van der Waals surface area contributed by atoms with Crippen LogP contribution in [-0.4, -0.2) is 18.0 Å². The minimum absolute atomic E-state index is 0.0858. The minimum atomic E-state index is -0.0858. The molecule has 0 fully saturated rings. The van der Waals surface area contributed by atoms with Crippen molar-refractivity contribution in [3.63, 3.8) is 0 Å². The summed E-state index contributed by atoms with van der Waals surface area (Å²) in [5, 5.41) is 6.21. The highest BCUT2D eigenvalue weighted by Gasteiger charge is 2.23. The van der Waals surface area contributed by atoms with Gasteiger partial charge in [-0.05, 0) is 31.4 Å². The lowest BCUT2D eigenvalue weighted by Gasteiger charge is -2.26. The van der Waals surface area contributed by atoms with E-state index in [-0.39, 0.29) is 18.0 Å². The van der Waals surface area contributed by atoms with E-state index in [1.165, 1.54) is 11.1 Å². The molecule has 1 aliphatic heterocycles. The summed E-state index contributed by atoms with van der Waals surface area (Å²) < 4.78 is 0. The van der Waals surface area contributed by atoms with Gasteiger partial charge in [-0.3, -0.25) is 4.79 Å². The van der Waals surface area contributed by atoms with Crippen molar-refractivity contribution in [2.45, 2.75) is 38.9 Å². The number of fused-ring (bicyclic) bond motifs is 1. The molecule has 16 heavy (non-hydrogen) atoms. The van der Waals surface area contributed by atoms with Crippen molar-refractivity contribution in [2.75, 3.05) is 0 Å². The Hall–Kier alpha value is -1.35. The Morgan fingerprint density at radius 1 is 1.38 bits per heavy atom. The zero-order chi connectivity index (χ0) is 11.5. The van der Waals surface area contributed by atoms with Gasteiger partial charge in [-0.25, -0.2) is 0 Å². The summed E-state index contributed by atoms with van der Waals surface area (Å²) in [6.07, 6.45) is 0.786. The third kappa shape index (κ3) is 2.42. The Balaban J connectivity index is 2.05. The maximum Gasteiger partial charge on any atom is 0.237 e. The number of amides is 1. The lowest BCUT2D eigenvalue weighted by atomic mass is 9.95. The van der Waals surface area contributed by atoms with Gasteiger partial charge in [0.05, 0.1) is 6.04 Å². The first-order chi connectivity index (χ1) is 7.66. The standard InChI is InChI=1S/C13H18N2O/c1-9(2)15-13(16)12-7-10-5-3-4-6-11(10)8-14-12/h3-6,9,12,14H,7-8H2,1-2H3,(H,15,16)/t12-/m0/s1. The Kier molecular flexibility index (Phi) is 3.25. The van der Waals surface area contributed by atoms with Crippen LogP contribution in [-0.2, 0) is 17.8 Å². The number of rotatable bonds is 2. The monoisotopic (exact) mass is 218 g/mol. The second-order valence-corrected chi connectivity index (χ2v) is 4.57. The lowest BCUT2D eigenvalue weighted by Crippen LogP contribution is -2.49. The molecule has 0 radical (unpaired) electrons. The quantitative estimate of drug-likeness (QED) is 0.784. The largest absolute Gasteiger partial charge is 0.353 e. The van der Waals surface area contributed by atoms with E-state index in [1.807, 2.05) is 26.0 Å². The molecule has 3 heteroatoms. The van der Waals surface area contributed by atoms with E-state index < -0.39 is 0 Å². The van der Waals surface area contributed by atoms with Crippen molar-refractivity contribution in [3.8, 4) is 0 Å². The summed E-state index contributed by atoms with van der Waals surface area (Å²) in [6.45, 7) is 4.75. The van der Waals surface area contributed by atoms with Gasteiger partial charge < -0.3 is 10.6 Å². The van der Waals surface area contributed by atoms with Crippen molar-refractivity contribution in [1.29, 1.82) is 0 Å². The second kappa shape index (κ2) is 4.66. The molecule has 3 nitrogen and oxygen atoms in total. The first-order valence-electron chi connectivity index (χ1n) is 5.77. The molecular weight excluding hydrogens is 200 g/mol. The molecule has 0 aliphatic carbocycles. The average Bonchev–Trinajstić information content (AvgIpc) is 2.27. The molecular formula is C13H18N2O. The predicted molar refractivity (Wildman–Crippen MR) is 64.1 cm³/mol. The van der Waals surface area contributed by atoms with Crippen LogP contribution in [0.5, 0.6) is 0 Å². The highest BCUT2D eigenvalue weighted by molar-refractivity contribution is 5.82. The molecule has 1 atom stereocenters. The van der Waals surface area contributed by atoms with Gasteiger partial charge in [0.15, 0.2) is 0 Å². The van der Waals surface area contributed by atoms with Gasteiger partial charge in [-0.2, -0.15) is 0 Å². The Morgan fingerprint density at radius 2 is 2.06 bits per heavy atom. The van der Waals surface area contributed by atoms with Crippen LogP contribution in [0.15, 0.2) is 24.3 Å². The molecule has 0 saturated heterocycles. The molecule has 1 aromatic carbocycles. The molecule has 1 aromatic rings. The maximum absolute atomic E-state index is 11.8. The van der Waals surface area contributed by atoms with Gasteiger partial charge in [0.1, 0.15) is 0 Å². The maximum atomic E-state index is 11.8. The molecule has 1 aliphatic rings. The van der Waals surface area contributed by atoms with Gasteiger partial charge in [-0.1, -0.05) is 24.3 Å². The third-order valence-corrected chi connectivity index (χ3v) is 2.83. The minimum Gasteiger partial charge on any atom is -0.353 e. The smallest absolute Gasteiger partial charge is 0.237 e. The highest BCUT2D eigenvalue weighted by Crippen LogP contribution is 2.16. The third-order valence-electron chi connectivity index (χ3n) is 2.83. The number of hydrogen-bond acceptors (Lipinski definition) is 2. The molecule has 0 spiro atoms. The van der Waals surface area contributed by atoms with Crippen molar-refractivity contribution >= 4 is 5.91 Å². The molecule has 86 valence electrons. The number of benzene rings is 1. The SMILES string of the molecule is CC(C)NC(=O)[C@@H]1Cc2ccccc2CN1. The summed E-state index contributed by atoms with van der Waals surface area (Å²) in [5.41, 5.74) is 2.58. The van der Waals surface area contributed by atoms with Crippen LogP contribution < -0.4 is 10.6 Å². The predicted octanol–water partition coefficient (Wildman–Crippen LogP) is 1.23. The fourth-order valence-corrected chi connectivity index (χ4v) is 2.02. The van der Waals surface area contributed by atoms with Crippen molar-refractivity contribution in [2.24, 2.45) is 0 Å². The van der Waals surface area contributed by atoms with Crippen LogP contribution >= 0.6 is 0 Å². The first-order valence-corrected chi connectivity index (χ1v) is 5.77. The normalized spacial score (nSPS) is 19.3. The van der Waals surface area contributed by atoms with Crippen LogP contribution in [0.3, 0.4) is 0 Å². The van der Waals surface area contributed by atoms with Gasteiger partial charge in [0.25, 0.3) is 0 Å². The van der Waals surface area contributed by atoms with E-state index in [9.17, 15) is 4.79 Å². The summed E-state index contributed by atoms with van der Waals surface area (Å²) in [4.78, 5) is 11.8. The van der Waals surface area contributed by atoms with Crippen molar-refractivity contribution < 1.29 is 4.79 Å². The number of carbonyl (C=O) groups is 1. The van der Waals surface area contributed by atoms with Crippen LogP contribution in [0.25, 0.3) is 0 Å². The van der Waals surface area contributed by atoms with Crippen LogP contribution in [0.4, 0.5) is 0 Å². The molecule has 0 saturated carbocycles. The average molecular weight is 218 g/mol. The van der Waals surface area contributed by atoms with Gasteiger partial charge in [0.2, 0.25) is 5.91 Å². The first kappa shape index (κ1) is 11.1. The van der Waals surface area contributed by atoms with E-state index in [0.717, 1.165) is 13.0 Å². The highest BCUT2D eigenvalue weighted by atomic mass is 16.2. The van der Waals surface area contributed by atoms with Crippen LogP contribution in [0.1, 0.15) is 25.0 Å². The zero-order valence-electron chi connectivity index (χ0n) is 9.79. The molecule has 0 aromatic heterocycles. The molecule has 0 bridgehead atoms. The van der Waals surface area contributed by atoms with E-state index >= 15 is 0 Å². The molecule has 0 unspecified atom stereocenters. The van der Waals surface area contributed by atoms with Gasteiger partial charge in [-0.15, -0.1) is 0 Å². The summed E-state index contributed by atoms with van der Waals surface area (Å²) >= 11 is 0. The van der Waals surface area contributed by atoms with Crippen LogP contribution in [0, 0.1) is 0 Å². The number of hydrogen-bond donors (Lipinski definition) is 2. The molecule has 1 heterocycles. The number of nitrogens with one attached hydrogen (secondary N) is 2. The fraction of sp³-hybridized carbons (Fsp3) is 0.462. The number of carbonyl (C=O) groups excluding carboxylic acids is 1. The van der Waals surface area contributed by atoms with Crippen molar-refractivity contribution in [3.05, 3.63) is 35.4 Å². The topological polar surface area (TPSA) is 41.1 Å². The van der Waals surface area contributed by atoms with Gasteiger partial charge in [0, 0.05) is 12.6 Å². The summed E-state index contributed by atoms with van der Waals surface area (Å²) in [7, 11) is 0. The second-order valence-electron chi connectivity index (χ2n) is 4.57. The van der Waals surface area contributed by atoms with Crippen LogP contribution in [0.2, 0.25) is 0 Å². The fourth-order valence-electron chi connectivity index (χ4n) is 2.02. The summed E-state index contributed by atoms with van der Waals surface area (Å²) in [5.74, 6) is 0.101. The molecule has 2 rings (SSSR count). The Bertz CT molecular complexity index is 387. The lowest BCUT2D eigenvalue weighted by molar-refractivity contribution is -0.123.